The highest BCUT2D eigenvalue weighted by Gasteiger charge is 2.34. The van der Waals surface area contributed by atoms with Crippen LogP contribution in [0, 0.1) is 10.1 Å². The monoisotopic (exact) mass is 327 g/mol. The Bertz CT molecular complexity index is 437. The highest BCUT2D eigenvalue weighted by Crippen LogP contribution is 2.32. The zero-order valence-corrected chi connectivity index (χ0v) is 10.6. The summed E-state index contributed by atoms with van der Waals surface area (Å²) in [4.78, 5) is 9.79. The fourth-order valence-electron chi connectivity index (χ4n) is 1.34. The van der Waals surface area contributed by atoms with Crippen molar-refractivity contribution in [3.63, 3.8) is 0 Å². The Morgan fingerprint density at radius 2 is 2.06 bits per heavy atom. The molecule has 0 heterocycles. The summed E-state index contributed by atoms with van der Waals surface area (Å²) in [6.07, 6.45) is -3.67. The van der Waals surface area contributed by atoms with Gasteiger partial charge in [-0.2, -0.15) is 0 Å². The SMILES string of the molecule is O=[N+]([O-])c1cc(CCCBr)ccc1OC(F)(F)F. The number of nitro groups is 1. The van der Waals surface area contributed by atoms with Gasteiger partial charge in [-0.3, -0.25) is 10.1 Å². The Morgan fingerprint density at radius 3 is 2.56 bits per heavy atom. The molecule has 18 heavy (non-hydrogen) atoms. The van der Waals surface area contributed by atoms with Gasteiger partial charge in [0.2, 0.25) is 5.75 Å². The Hall–Kier alpha value is -1.31. The maximum Gasteiger partial charge on any atom is 0.573 e. The van der Waals surface area contributed by atoms with Crippen LogP contribution in [0.15, 0.2) is 18.2 Å². The molecule has 0 aromatic heterocycles. The molecule has 0 radical (unpaired) electrons. The standard InChI is InChI=1S/C10H9BrF3NO3/c11-5-1-2-7-3-4-9(18-10(12,13)14)8(6-7)15(16)17/h3-4,6H,1-2,5H2. The molecule has 1 rings (SSSR count). The second kappa shape index (κ2) is 6.03. The summed E-state index contributed by atoms with van der Waals surface area (Å²) in [6, 6.07) is 3.45. The Balaban J connectivity index is 3.01. The average Bonchev–Trinajstić information content (AvgIpc) is 2.25. The first-order chi connectivity index (χ1) is 8.33. The smallest absolute Gasteiger partial charge is 0.398 e. The van der Waals surface area contributed by atoms with Gasteiger partial charge in [0.25, 0.3) is 0 Å². The van der Waals surface area contributed by atoms with Gasteiger partial charge in [-0.05, 0) is 24.5 Å². The minimum Gasteiger partial charge on any atom is -0.398 e. The van der Waals surface area contributed by atoms with Crippen LogP contribution in [0.2, 0.25) is 0 Å². The quantitative estimate of drug-likeness (QED) is 0.469. The first-order valence-electron chi connectivity index (χ1n) is 4.92. The zero-order chi connectivity index (χ0) is 13.8. The lowest BCUT2D eigenvalue weighted by Gasteiger charge is -2.09. The van der Waals surface area contributed by atoms with Crippen molar-refractivity contribution in [2.45, 2.75) is 19.2 Å². The summed E-state index contributed by atoms with van der Waals surface area (Å²) < 4.78 is 39.7. The second-order valence-electron chi connectivity index (χ2n) is 3.40. The van der Waals surface area contributed by atoms with Crippen LogP contribution >= 0.6 is 15.9 Å². The van der Waals surface area contributed by atoms with E-state index in [1.54, 1.807) is 0 Å². The van der Waals surface area contributed by atoms with Gasteiger partial charge in [-0.25, -0.2) is 0 Å². The molecule has 0 saturated carbocycles. The van der Waals surface area contributed by atoms with Crippen LogP contribution < -0.4 is 4.74 Å². The third kappa shape index (κ3) is 4.52. The van der Waals surface area contributed by atoms with Crippen molar-refractivity contribution in [3.05, 3.63) is 33.9 Å². The van der Waals surface area contributed by atoms with E-state index in [-0.39, 0.29) is 0 Å². The molecule has 0 aliphatic carbocycles. The van der Waals surface area contributed by atoms with E-state index in [0.29, 0.717) is 17.3 Å². The van der Waals surface area contributed by atoms with Crippen molar-refractivity contribution in [3.8, 4) is 5.75 Å². The molecule has 0 fully saturated rings. The molecular formula is C10H9BrF3NO3. The van der Waals surface area contributed by atoms with Crippen molar-refractivity contribution in [1.29, 1.82) is 0 Å². The number of halogens is 4. The van der Waals surface area contributed by atoms with Crippen LogP contribution in [-0.4, -0.2) is 16.6 Å². The van der Waals surface area contributed by atoms with Gasteiger partial charge >= 0.3 is 12.0 Å². The van der Waals surface area contributed by atoms with E-state index in [1.807, 2.05) is 0 Å². The number of rotatable bonds is 5. The van der Waals surface area contributed by atoms with Crippen molar-refractivity contribution < 1.29 is 22.8 Å². The fourth-order valence-corrected chi connectivity index (χ4v) is 1.62. The number of alkyl halides is 4. The first kappa shape index (κ1) is 14.7. The third-order valence-electron chi connectivity index (χ3n) is 2.04. The molecule has 1 aromatic rings. The fraction of sp³-hybridized carbons (Fsp3) is 0.400. The van der Waals surface area contributed by atoms with E-state index >= 15 is 0 Å². The molecule has 0 N–H and O–H groups in total. The molecule has 0 amide bonds. The summed E-state index contributed by atoms with van der Waals surface area (Å²) in [7, 11) is 0. The summed E-state index contributed by atoms with van der Waals surface area (Å²) in [5.41, 5.74) is -0.0879. The normalized spacial score (nSPS) is 11.3. The maximum atomic E-state index is 12.0. The van der Waals surface area contributed by atoms with Gasteiger partial charge in [-0.1, -0.05) is 22.0 Å². The van der Waals surface area contributed by atoms with Crippen LogP contribution in [0.1, 0.15) is 12.0 Å². The van der Waals surface area contributed by atoms with Crippen molar-refractivity contribution in [2.75, 3.05) is 5.33 Å². The topological polar surface area (TPSA) is 52.4 Å². The number of ether oxygens (including phenoxy) is 1. The summed E-state index contributed by atoms with van der Waals surface area (Å²) >= 11 is 3.20. The van der Waals surface area contributed by atoms with Gasteiger partial charge in [0.15, 0.2) is 0 Å². The Morgan fingerprint density at radius 1 is 1.39 bits per heavy atom. The summed E-state index contributed by atoms with van der Waals surface area (Å²) in [5.74, 6) is -0.796. The van der Waals surface area contributed by atoms with E-state index in [1.165, 1.54) is 6.07 Å². The lowest BCUT2D eigenvalue weighted by Crippen LogP contribution is -2.18. The number of aryl methyl sites for hydroxylation is 1. The molecule has 0 unspecified atom stereocenters. The molecule has 100 valence electrons. The third-order valence-corrected chi connectivity index (χ3v) is 2.61. The molecule has 4 nitrogen and oxygen atoms in total. The number of nitrogens with zero attached hydrogens (tertiary/aromatic N) is 1. The van der Waals surface area contributed by atoms with Crippen LogP contribution in [0.25, 0.3) is 0 Å². The highest BCUT2D eigenvalue weighted by atomic mass is 79.9. The molecule has 0 spiro atoms. The number of benzene rings is 1. The number of hydrogen-bond acceptors (Lipinski definition) is 3. The average molecular weight is 328 g/mol. The lowest BCUT2D eigenvalue weighted by atomic mass is 10.1. The minimum atomic E-state index is -4.94. The number of hydrogen-bond donors (Lipinski definition) is 0. The Kier molecular flexibility index (Phi) is 4.94. The van der Waals surface area contributed by atoms with Crippen molar-refractivity contribution in [2.24, 2.45) is 0 Å². The van der Waals surface area contributed by atoms with E-state index in [2.05, 4.69) is 20.7 Å². The largest absolute Gasteiger partial charge is 0.573 e. The summed E-state index contributed by atoms with van der Waals surface area (Å²) in [6.45, 7) is 0. The molecule has 0 saturated heterocycles. The maximum absolute atomic E-state index is 12.0. The van der Waals surface area contributed by atoms with Crippen LogP contribution in [0.3, 0.4) is 0 Å². The zero-order valence-electron chi connectivity index (χ0n) is 9.04. The highest BCUT2D eigenvalue weighted by molar-refractivity contribution is 9.09. The van der Waals surface area contributed by atoms with E-state index in [0.717, 1.165) is 18.6 Å². The van der Waals surface area contributed by atoms with Gasteiger partial charge in [0.05, 0.1) is 4.92 Å². The van der Waals surface area contributed by atoms with Gasteiger partial charge in [0.1, 0.15) is 0 Å². The summed E-state index contributed by atoms with van der Waals surface area (Å²) in [5, 5.41) is 11.4. The van der Waals surface area contributed by atoms with Crippen LogP contribution in [0.4, 0.5) is 18.9 Å². The van der Waals surface area contributed by atoms with Crippen molar-refractivity contribution >= 4 is 21.6 Å². The predicted molar refractivity (Wildman–Crippen MR) is 61.9 cm³/mol. The van der Waals surface area contributed by atoms with E-state index in [9.17, 15) is 23.3 Å². The molecule has 0 bridgehead atoms. The lowest BCUT2D eigenvalue weighted by molar-refractivity contribution is -0.388. The van der Waals surface area contributed by atoms with E-state index < -0.39 is 22.7 Å². The Labute approximate surface area is 109 Å². The minimum absolute atomic E-state index is 0.540. The first-order valence-corrected chi connectivity index (χ1v) is 6.04. The molecule has 0 atom stereocenters. The van der Waals surface area contributed by atoms with Crippen LogP contribution in [-0.2, 0) is 6.42 Å². The van der Waals surface area contributed by atoms with E-state index in [4.69, 9.17) is 0 Å². The van der Waals surface area contributed by atoms with Gasteiger partial charge < -0.3 is 4.74 Å². The van der Waals surface area contributed by atoms with Gasteiger partial charge in [0, 0.05) is 11.4 Å². The molecule has 8 heteroatoms. The predicted octanol–water partition coefficient (Wildman–Crippen LogP) is 3.82. The van der Waals surface area contributed by atoms with Crippen molar-refractivity contribution in [1.82, 2.24) is 0 Å². The molecule has 1 aromatic carbocycles. The second-order valence-corrected chi connectivity index (χ2v) is 4.19. The van der Waals surface area contributed by atoms with Crippen LogP contribution in [0.5, 0.6) is 5.75 Å². The number of nitro benzene ring substituents is 1. The molecule has 0 aliphatic rings. The molecule has 0 aliphatic heterocycles. The van der Waals surface area contributed by atoms with Gasteiger partial charge in [-0.15, -0.1) is 13.2 Å². The molecular weight excluding hydrogens is 319 g/mol.